The van der Waals surface area contributed by atoms with E-state index in [4.69, 9.17) is 15.2 Å². The molecule has 0 bridgehead atoms. The molecule has 164 valence electrons. The van der Waals surface area contributed by atoms with E-state index in [9.17, 15) is 14.4 Å². The van der Waals surface area contributed by atoms with Crippen molar-refractivity contribution in [1.29, 1.82) is 0 Å². The highest BCUT2D eigenvalue weighted by Gasteiger charge is 2.36. The molecule has 1 heterocycles. The third-order valence-electron chi connectivity index (χ3n) is 5.25. The number of carbonyl (C=O) groups excluding carboxylic acids is 3. The van der Waals surface area contributed by atoms with Gasteiger partial charge in [0.2, 0.25) is 11.8 Å². The van der Waals surface area contributed by atoms with Gasteiger partial charge in [-0.3, -0.25) is 14.5 Å². The second kappa shape index (κ2) is 10.5. The molecule has 1 fully saturated rings. The molecular weight excluding hydrogens is 398 g/mol. The molecule has 8 nitrogen and oxygen atoms in total. The predicted octanol–water partition coefficient (Wildman–Crippen LogP) is 2.01. The quantitative estimate of drug-likeness (QED) is 0.672. The Labute approximate surface area is 181 Å². The molecule has 0 spiro atoms. The van der Waals surface area contributed by atoms with Gasteiger partial charge in [0, 0.05) is 13.0 Å². The van der Waals surface area contributed by atoms with E-state index in [1.165, 1.54) is 4.90 Å². The molecule has 1 saturated heterocycles. The summed E-state index contributed by atoms with van der Waals surface area (Å²) in [6.45, 7) is 0.553. The van der Waals surface area contributed by atoms with Crippen molar-refractivity contribution >= 4 is 17.9 Å². The molecule has 0 saturated carbocycles. The van der Waals surface area contributed by atoms with E-state index in [0.29, 0.717) is 25.1 Å². The monoisotopic (exact) mass is 425 g/mol. The Morgan fingerprint density at radius 3 is 2.45 bits per heavy atom. The van der Waals surface area contributed by atoms with E-state index < -0.39 is 30.0 Å². The van der Waals surface area contributed by atoms with E-state index >= 15 is 0 Å². The fraction of sp³-hybridized carbons (Fsp3) is 0.348. The van der Waals surface area contributed by atoms with E-state index in [2.05, 4.69) is 5.32 Å². The van der Waals surface area contributed by atoms with Gasteiger partial charge in [0.15, 0.2) is 0 Å². The summed E-state index contributed by atoms with van der Waals surface area (Å²) < 4.78 is 10.5. The Morgan fingerprint density at radius 1 is 1.10 bits per heavy atom. The highest BCUT2D eigenvalue weighted by molar-refractivity contribution is 5.91. The molecule has 0 aliphatic carbocycles. The first-order valence-electron chi connectivity index (χ1n) is 10.2. The van der Waals surface area contributed by atoms with Crippen LogP contribution in [-0.4, -0.2) is 48.5 Å². The molecule has 31 heavy (non-hydrogen) atoms. The van der Waals surface area contributed by atoms with Crippen molar-refractivity contribution < 1.29 is 23.9 Å². The fourth-order valence-corrected chi connectivity index (χ4v) is 3.55. The second-order valence-electron chi connectivity index (χ2n) is 7.41. The van der Waals surface area contributed by atoms with Crippen molar-refractivity contribution in [2.24, 2.45) is 5.73 Å². The summed E-state index contributed by atoms with van der Waals surface area (Å²) in [7, 11) is 1.57. The summed E-state index contributed by atoms with van der Waals surface area (Å²) >= 11 is 0. The van der Waals surface area contributed by atoms with Crippen molar-refractivity contribution in [1.82, 2.24) is 10.2 Å². The Bertz CT molecular complexity index is 901. The number of nitrogens with one attached hydrogen (secondary N) is 1. The number of nitrogens with two attached hydrogens (primary N) is 1. The molecule has 0 radical (unpaired) electrons. The minimum Gasteiger partial charge on any atom is -0.497 e. The largest absolute Gasteiger partial charge is 0.497 e. The molecule has 1 aliphatic heterocycles. The Hall–Kier alpha value is -3.55. The number of amides is 3. The van der Waals surface area contributed by atoms with Gasteiger partial charge >= 0.3 is 6.09 Å². The molecule has 3 amide bonds. The molecule has 2 atom stereocenters. The number of methoxy groups -OCH3 is 1. The summed E-state index contributed by atoms with van der Waals surface area (Å²) in [6, 6.07) is 14.9. The first kappa shape index (κ1) is 22.1. The topological polar surface area (TPSA) is 111 Å². The van der Waals surface area contributed by atoms with Crippen LogP contribution in [0.4, 0.5) is 4.79 Å². The first-order valence-corrected chi connectivity index (χ1v) is 10.2. The summed E-state index contributed by atoms with van der Waals surface area (Å²) in [5.41, 5.74) is 7.20. The van der Waals surface area contributed by atoms with Crippen LogP contribution in [0.1, 0.15) is 24.0 Å². The third-order valence-corrected chi connectivity index (χ3v) is 5.25. The SMILES string of the molecule is COc1ccc(C[C@H](NC(=O)[C@H]2CCCN2C(=O)OCc2ccccc2)C(N)=O)cc1. The van der Waals surface area contributed by atoms with Gasteiger partial charge < -0.3 is 20.5 Å². The number of primary amides is 1. The number of ether oxygens (including phenoxy) is 2. The van der Waals surface area contributed by atoms with Crippen LogP contribution < -0.4 is 15.8 Å². The second-order valence-corrected chi connectivity index (χ2v) is 7.41. The van der Waals surface area contributed by atoms with E-state index in [0.717, 1.165) is 11.1 Å². The number of benzene rings is 2. The van der Waals surface area contributed by atoms with Gasteiger partial charge in [0.1, 0.15) is 24.4 Å². The highest BCUT2D eigenvalue weighted by Crippen LogP contribution is 2.20. The maximum absolute atomic E-state index is 12.9. The van der Waals surface area contributed by atoms with Crippen LogP contribution in [0.3, 0.4) is 0 Å². The minimum absolute atomic E-state index is 0.131. The van der Waals surface area contributed by atoms with Gasteiger partial charge in [-0.1, -0.05) is 42.5 Å². The lowest BCUT2D eigenvalue weighted by atomic mass is 10.0. The number of hydrogen-bond donors (Lipinski definition) is 2. The van der Waals surface area contributed by atoms with E-state index in [1.54, 1.807) is 19.2 Å². The molecule has 2 aromatic rings. The average molecular weight is 425 g/mol. The van der Waals surface area contributed by atoms with Gasteiger partial charge in [-0.25, -0.2) is 4.79 Å². The first-order chi connectivity index (χ1) is 15.0. The lowest BCUT2D eigenvalue weighted by Crippen LogP contribution is -2.53. The van der Waals surface area contributed by atoms with Crippen molar-refractivity contribution in [3.8, 4) is 5.75 Å². The fourth-order valence-electron chi connectivity index (χ4n) is 3.55. The molecule has 2 aromatic carbocycles. The number of hydrogen-bond acceptors (Lipinski definition) is 5. The maximum Gasteiger partial charge on any atom is 0.410 e. The zero-order valence-electron chi connectivity index (χ0n) is 17.5. The summed E-state index contributed by atoms with van der Waals surface area (Å²) in [5.74, 6) is -0.356. The van der Waals surface area contributed by atoms with Gasteiger partial charge in [-0.2, -0.15) is 0 Å². The van der Waals surface area contributed by atoms with Crippen LogP contribution in [0, 0.1) is 0 Å². The smallest absolute Gasteiger partial charge is 0.410 e. The average Bonchev–Trinajstić information content (AvgIpc) is 3.28. The molecule has 8 heteroatoms. The Balaban J connectivity index is 1.59. The predicted molar refractivity (Wildman–Crippen MR) is 114 cm³/mol. The summed E-state index contributed by atoms with van der Waals surface area (Å²) in [5, 5.41) is 2.70. The van der Waals surface area contributed by atoms with Gasteiger partial charge in [0.05, 0.1) is 7.11 Å². The van der Waals surface area contributed by atoms with Crippen LogP contribution in [0.25, 0.3) is 0 Å². The van der Waals surface area contributed by atoms with Gasteiger partial charge in [0.25, 0.3) is 0 Å². The maximum atomic E-state index is 12.9. The summed E-state index contributed by atoms with van der Waals surface area (Å²) in [4.78, 5) is 38.7. The Morgan fingerprint density at radius 2 is 1.81 bits per heavy atom. The molecule has 0 aromatic heterocycles. The van der Waals surface area contributed by atoms with E-state index in [1.807, 2.05) is 42.5 Å². The lowest BCUT2D eigenvalue weighted by Gasteiger charge is -2.25. The molecule has 0 unspecified atom stereocenters. The van der Waals surface area contributed by atoms with E-state index in [-0.39, 0.29) is 13.0 Å². The molecule has 1 aliphatic rings. The minimum atomic E-state index is -0.885. The van der Waals surface area contributed by atoms with Crippen LogP contribution >= 0.6 is 0 Å². The number of carbonyl (C=O) groups is 3. The zero-order valence-corrected chi connectivity index (χ0v) is 17.5. The number of nitrogens with zero attached hydrogens (tertiary/aromatic N) is 1. The van der Waals surface area contributed by atoms with Crippen molar-refractivity contribution in [3.05, 3.63) is 65.7 Å². The number of likely N-dealkylation sites (tertiary alicyclic amines) is 1. The van der Waals surface area contributed by atoms with Crippen LogP contribution in [0.5, 0.6) is 5.75 Å². The molecular formula is C23H27N3O5. The van der Waals surface area contributed by atoms with Gasteiger partial charge in [-0.15, -0.1) is 0 Å². The van der Waals surface area contributed by atoms with Crippen LogP contribution in [0.15, 0.2) is 54.6 Å². The van der Waals surface area contributed by atoms with Gasteiger partial charge in [-0.05, 0) is 36.1 Å². The standard InChI is InChI=1S/C23H27N3O5/c1-30-18-11-9-16(10-12-18)14-19(21(24)27)25-22(28)20-8-5-13-26(20)23(29)31-15-17-6-3-2-4-7-17/h2-4,6-7,9-12,19-20H,5,8,13-15H2,1H3,(H2,24,27)(H,25,28)/t19-,20+/m0/s1. The van der Waals surface area contributed by atoms with Crippen LogP contribution in [-0.2, 0) is 27.4 Å². The number of rotatable bonds is 8. The Kier molecular flexibility index (Phi) is 7.48. The van der Waals surface area contributed by atoms with Crippen molar-refractivity contribution in [3.63, 3.8) is 0 Å². The summed E-state index contributed by atoms with van der Waals surface area (Å²) in [6.07, 6.45) is 0.877. The third kappa shape index (κ3) is 5.97. The normalized spacial score (nSPS) is 16.4. The van der Waals surface area contributed by atoms with Crippen molar-refractivity contribution in [2.75, 3.05) is 13.7 Å². The molecule has 3 rings (SSSR count). The van der Waals surface area contributed by atoms with Crippen LogP contribution in [0.2, 0.25) is 0 Å². The molecule has 3 N–H and O–H groups in total. The van der Waals surface area contributed by atoms with Crippen molar-refractivity contribution in [2.45, 2.75) is 38.0 Å². The zero-order chi connectivity index (χ0) is 22.2. The highest BCUT2D eigenvalue weighted by atomic mass is 16.6. The lowest BCUT2D eigenvalue weighted by molar-refractivity contribution is -0.130.